The first-order valence-corrected chi connectivity index (χ1v) is 5.36. The van der Waals surface area contributed by atoms with Crippen molar-refractivity contribution in [2.45, 2.75) is 13.3 Å². The van der Waals surface area contributed by atoms with Gasteiger partial charge in [0.2, 0.25) is 7.57 Å². The van der Waals surface area contributed by atoms with E-state index in [1.54, 1.807) is 0 Å². The van der Waals surface area contributed by atoms with Gasteiger partial charge in [-0.2, -0.15) is 5.26 Å². The van der Waals surface area contributed by atoms with E-state index in [2.05, 4.69) is 6.30 Å². The zero-order valence-electron chi connectivity index (χ0n) is 7.45. The Balaban J connectivity index is 3.81. The van der Waals surface area contributed by atoms with Gasteiger partial charge < -0.3 is 13.6 Å². The first-order chi connectivity index (χ1) is 5.68. The number of hydrogen-bond donors (Lipinski definition) is 0. The predicted octanol–water partition coefficient (Wildman–Crippen LogP) is 1.79. The molecule has 70 valence electrons. The van der Waals surface area contributed by atoms with E-state index in [0.29, 0.717) is 19.6 Å². The molecule has 0 aliphatic rings. The van der Waals surface area contributed by atoms with Crippen LogP contribution < -0.4 is 0 Å². The SMILES string of the molecule is C=P(OC)(OCC)OCCC#N. The van der Waals surface area contributed by atoms with Crippen molar-refractivity contribution in [3.63, 3.8) is 0 Å². The fraction of sp³-hybridized carbons (Fsp3) is 0.714. The molecular weight excluding hydrogens is 177 g/mol. The minimum absolute atomic E-state index is 0.307. The van der Waals surface area contributed by atoms with Crippen LogP contribution in [0.3, 0.4) is 0 Å². The van der Waals surface area contributed by atoms with Crippen LogP contribution in [0.5, 0.6) is 0 Å². The molecule has 0 bridgehead atoms. The molecule has 0 radical (unpaired) electrons. The molecule has 5 heteroatoms. The summed E-state index contributed by atoms with van der Waals surface area (Å²) in [6.45, 7) is 2.64. The molecule has 4 nitrogen and oxygen atoms in total. The highest BCUT2D eigenvalue weighted by atomic mass is 31.2. The maximum absolute atomic E-state index is 8.25. The lowest BCUT2D eigenvalue weighted by Crippen LogP contribution is -1.99. The maximum atomic E-state index is 8.25. The largest absolute Gasteiger partial charge is 0.321 e. The molecule has 0 aliphatic heterocycles. The zero-order valence-corrected chi connectivity index (χ0v) is 8.34. The Kier molecular flexibility index (Phi) is 6.04. The van der Waals surface area contributed by atoms with Crippen LogP contribution in [0.4, 0.5) is 0 Å². The fourth-order valence-corrected chi connectivity index (χ4v) is 1.62. The van der Waals surface area contributed by atoms with Crippen LogP contribution in [0, 0.1) is 11.3 Å². The van der Waals surface area contributed by atoms with Crippen LogP contribution in [0.25, 0.3) is 0 Å². The first-order valence-electron chi connectivity index (χ1n) is 3.63. The molecule has 0 aliphatic carbocycles. The third kappa shape index (κ3) is 4.53. The van der Waals surface area contributed by atoms with E-state index in [9.17, 15) is 0 Å². The van der Waals surface area contributed by atoms with Crippen molar-refractivity contribution in [2.75, 3.05) is 20.3 Å². The lowest BCUT2D eigenvalue weighted by atomic mass is 10.5. The van der Waals surface area contributed by atoms with Gasteiger partial charge in [-0.05, 0) is 13.2 Å². The van der Waals surface area contributed by atoms with Crippen molar-refractivity contribution in [2.24, 2.45) is 0 Å². The molecular formula is C7H14NO3P. The lowest BCUT2D eigenvalue weighted by Gasteiger charge is -2.20. The van der Waals surface area contributed by atoms with Gasteiger partial charge in [0.1, 0.15) is 0 Å². The fourth-order valence-electron chi connectivity index (χ4n) is 0.570. The molecule has 0 amide bonds. The minimum atomic E-state index is -2.38. The van der Waals surface area contributed by atoms with E-state index in [4.69, 9.17) is 18.8 Å². The highest BCUT2D eigenvalue weighted by Gasteiger charge is 2.13. The van der Waals surface area contributed by atoms with E-state index >= 15 is 0 Å². The van der Waals surface area contributed by atoms with Gasteiger partial charge in [-0.1, -0.05) is 0 Å². The van der Waals surface area contributed by atoms with E-state index in [1.807, 2.05) is 13.0 Å². The quantitative estimate of drug-likeness (QED) is 0.474. The normalized spacial score (nSPS) is 15.1. The van der Waals surface area contributed by atoms with Crippen LogP contribution in [0.1, 0.15) is 13.3 Å². The van der Waals surface area contributed by atoms with Gasteiger partial charge in [-0.3, -0.25) is 0 Å². The second-order valence-corrected chi connectivity index (χ2v) is 4.06. The summed E-state index contributed by atoms with van der Waals surface area (Å²) in [6, 6.07) is 1.96. The van der Waals surface area contributed by atoms with Crippen molar-refractivity contribution in [3.05, 3.63) is 0 Å². The lowest BCUT2D eigenvalue weighted by molar-refractivity contribution is 0.185. The third-order valence-corrected chi connectivity index (χ3v) is 2.89. The van der Waals surface area contributed by atoms with Gasteiger partial charge >= 0.3 is 0 Å². The monoisotopic (exact) mass is 191 g/mol. The Hall–Kier alpha value is -0.330. The summed E-state index contributed by atoms with van der Waals surface area (Å²) in [7, 11) is -0.892. The second kappa shape index (κ2) is 6.22. The average Bonchev–Trinajstić information content (AvgIpc) is 2.06. The number of nitrogens with zero attached hydrogens (tertiary/aromatic N) is 1. The Bertz CT molecular complexity index is 199. The smallest absolute Gasteiger partial charge is 0.250 e. The summed E-state index contributed by atoms with van der Waals surface area (Å²) < 4.78 is 15.3. The van der Waals surface area contributed by atoms with Crippen LogP contribution >= 0.6 is 7.57 Å². The molecule has 0 saturated heterocycles. The number of rotatable bonds is 6. The van der Waals surface area contributed by atoms with Gasteiger partial charge in [0.25, 0.3) is 0 Å². The van der Waals surface area contributed by atoms with Crippen molar-refractivity contribution in [1.29, 1.82) is 5.26 Å². The zero-order chi connectivity index (χ0) is 9.45. The van der Waals surface area contributed by atoms with Crippen molar-refractivity contribution < 1.29 is 13.6 Å². The number of nitriles is 1. The van der Waals surface area contributed by atoms with Gasteiger partial charge in [0.15, 0.2) is 0 Å². The Morgan fingerprint density at radius 1 is 1.50 bits per heavy atom. The van der Waals surface area contributed by atoms with Crippen LogP contribution in [-0.2, 0) is 13.6 Å². The van der Waals surface area contributed by atoms with E-state index in [1.165, 1.54) is 7.11 Å². The summed E-state index contributed by atoms with van der Waals surface area (Å²) >= 11 is 0. The second-order valence-electron chi connectivity index (χ2n) is 1.95. The molecule has 0 saturated carbocycles. The van der Waals surface area contributed by atoms with Gasteiger partial charge in [0, 0.05) is 7.11 Å². The summed E-state index contributed by atoms with van der Waals surface area (Å²) in [5.41, 5.74) is 0. The van der Waals surface area contributed by atoms with Crippen LogP contribution in [-0.4, -0.2) is 26.6 Å². The van der Waals surface area contributed by atoms with E-state index in [0.717, 1.165) is 0 Å². The molecule has 0 spiro atoms. The predicted molar refractivity (Wildman–Crippen MR) is 48.9 cm³/mol. The van der Waals surface area contributed by atoms with E-state index in [-0.39, 0.29) is 0 Å². The Morgan fingerprint density at radius 3 is 2.58 bits per heavy atom. The van der Waals surface area contributed by atoms with Crippen LogP contribution in [0.15, 0.2) is 0 Å². The van der Waals surface area contributed by atoms with Gasteiger partial charge in [-0.25, -0.2) is 0 Å². The topological polar surface area (TPSA) is 51.5 Å². The Morgan fingerprint density at radius 2 is 2.17 bits per heavy atom. The summed E-state index contributed by atoms with van der Waals surface area (Å²) in [4.78, 5) is 0. The third-order valence-electron chi connectivity index (χ3n) is 1.11. The number of hydrogen-bond acceptors (Lipinski definition) is 4. The molecule has 0 rings (SSSR count). The Labute approximate surface area is 73.3 Å². The summed E-state index contributed by atoms with van der Waals surface area (Å²) in [6.07, 6.45) is 4.01. The van der Waals surface area contributed by atoms with Crippen molar-refractivity contribution in [3.8, 4) is 6.07 Å². The van der Waals surface area contributed by atoms with Gasteiger partial charge in [-0.15, -0.1) is 0 Å². The van der Waals surface area contributed by atoms with E-state index < -0.39 is 7.57 Å². The van der Waals surface area contributed by atoms with Gasteiger partial charge in [0.05, 0.1) is 25.7 Å². The van der Waals surface area contributed by atoms with Crippen molar-refractivity contribution in [1.82, 2.24) is 0 Å². The first kappa shape index (κ1) is 11.7. The average molecular weight is 191 g/mol. The molecule has 1 unspecified atom stereocenters. The molecule has 0 aromatic rings. The molecule has 0 fully saturated rings. The molecule has 0 aromatic heterocycles. The maximum Gasteiger partial charge on any atom is 0.250 e. The molecule has 0 aromatic carbocycles. The molecule has 0 N–H and O–H groups in total. The minimum Gasteiger partial charge on any atom is -0.321 e. The highest BCUT2D eigenvalue weighted by Crippen LogP contribution is 2.47. The highest BCUT2D eigenvalue weighted by molar-refractivity contribution is 7.59. The van der Waals surface area contributed by atoms with Crippen LogP contribution in [0.2, 0.25) is 0 Å². The summed E-state index contributed by atoms with van der Waals surface area (Å²) in [5, 5.41) is 8.25. The summed E-state index contributed by atoms with van der Waals surface area (Å²) in [5.74, 6) is 0. The molecule has 0 heterocycles. The molecule has 1 atom stereocenters. The standard InChI is InChI=1S/C7H14NO3P/c1-4-10-12(3,9-2)11-7-5-6-8/h3-5,7H2,1-2H3. The van der Waals surface area contributed by atoms with Crippen molar-refractivity contribution >= 4 is 13.9 Å². The molecule has 12 heavy (non-hydrogen) atoms.